The predicted octanol–water partition coefficient (Wildman–Crippen LogP) is -0.263. The van der Waals surface area contributed by atoms with E-state index < -0.39 is 6.10 Å². The molecule has 2 aliphatic rings. The van der Waals surface area contributed by atoms with Crippen LogP contribution in [0.25, 0.3) is 0 Å². The summed E-state index contributed by atoms with van der Waals surface area (Å²) in [5, 5.41) is 12.0. The SMILES string of the molecule is N#CC1CN(C(=O)C2CCCNC2)CCO1. The van der Waals surface area contributed by atoms with Crippen molar-refractivity contribution < 1.29 is 9.53 Å². The van der Waals surface area contributed by atoms with Crippen LogP contribution in [0.1, 0.15) is 12.8 Å². The van der Waals surface area contributed by atoms with Gasteiger partial charge in [-0.3, -0.25) is 4.79 Å². The Morgan fingerprint density at radius 3 is 3.12 bits per heavy atom. The topological polar surface area (TPSA) is 65.4 Å². The molecule has 2 heterocycles. The molecule has 2 rings (SSSR count). The highest BCUT2D eigenvalue weighted by molar-refractivity contribution is 5.79. The second-order valence-electron chi connectivity index (χ2n) is 4.32. The molecule has 0 spiro atoms. The summed E-state index contributed by atoms with van der Waals surface area (Å²) in [7, 11) is 0. The summed E-state index contributed by atoms with van der Waals surface area (Å²) in [5.74, 6) is 0.266. The number of nitriles is 1. The molecule has 0 aromatic heterocycles. The Morgan fingerprint density at radius 2 is 2.44 bits per heavy atom. The van der Waals surface area contributed by atoms with E-state index in [1.165, 1.54) is 0 Å². The number of nitrogens with one attached hydrogen (secondary N) is 1. The number of ether oxygens (including phenoxy) is 1. The highest BCUT2D eigenvalue weighted by atomic mass is 16.5. The van der Waals surface area contributed by atoms with Crippen molar-refractivity contribution in [2.45, 2.75) is 18.9 Å². The number of nitrogens with zero attached hydrogens (tertiary/aromatic N) is 2. The van der Waals surface area contributed by atoms with E-state index in [1.807, 2.05) is 0 Å². The van der Waals surface area contributed by atoms with E-state index in [0.29, 0.717) is 19.7 Å². The lowest BCUT2D eigenvalue weighted by atomic mass is 9.98. The summed E-state index contributed by atoms with van der Waals surface area (Å²) in [6.07, 6.45) is 1.57. The van der Waals surface area contributed by atoms with Crippen LogP contribution in [-0.4, -0.2) is 49.7 Å². The van der Waals surface area contributed by atoms with E-state index in [4.69, 9.17) is 10.00 Å². The highest BCUT2D eigenvalue weighted by Gasteiger charge is 2.29. The first-order valence-corrected chi connectivity index (χ1v) is 5.82. The molecule has 0 aromatic carbocycles. The molecule has 2 unspecified atom stereocenters. The molecule has 0 saturated carbocycles. The first-order valence-electron chi connectivity index (χ1n) is 5.82. The second kappa shape index (κ2) is 5.28. The third-order valence-electron chi connectivity index (χ3n) is 3.17. The molecule has 2 saturated heterocycles. The molecule has 0 radical (unpaired) electrons. The number of morpholine rings is 1. The smallest absolute Gasteiger partial charge is 0.227 e. The highest BCUT2D eigenvalue weighted by Crippen LogP contribution is 2.15. The van der Waals surface area contributed by atoms with Gasteiger partial charge >= 0.3 is 0 Å². The number of carbonyl (C=O) groups is 1. The van der Waals surface area contributed by atoms with Crippen LogP contribution in [0.5, 0.6) is 0 Å². The Hall–Kier alpha value is -1.12. The van der Waals surface area contributed by atoms with E-state index in [9.17, 15) is 4.79 Å². The lowest BCUT2D eigenvalue weighted by molar-refractivity contribution is -0.141. The molecule has 88 valence electrons. The van der Waals surface area contributed by atoms with Gasteiger partial charge in [-0.05, 0) is 19.4 Å². The third-order valence-corrected chi connectivity index (χ3v) is 3.17. The number of carbonyl (C=O) groups excluding carboxylic acids is 1. The van der Waals surface area contributed by atoms with Crippen molar-refractivity contribution in [1.82, 2.24) is 10.2 Å². The van der Waals surface area contributed by atoms with Crippen LogP contribution in [0.2, 0.25) is 0 Å². The van der Waals surface area contributed by atoms with Crippen molar-refractivity contribution in [3.05, 3.63) is 0 Å². The van der Waals surface area contributed by atoms with E-state index in [1.54, 1.807) is 4.90 Å². The number of hydrogen-bond acceptors (Lipinski definition) is 4. The minimum Gasteiger partial charge on any atom is -0.360 e. The van der Waals surface area contributed by atoms with E-state index in [-0.39, 0.29) is 11.8 Å². The zero-order chi connectivity index (χ0) is 11.4. The van der Waals surface area contributed by atoms with Crippen LogP contribution in [0.3, 0.4) is 0 Å². The van der Waals surface area contributed by atoms with Crippen LogP contribution < -0.4 is 5.32 Å². The monoisotopic (exact) mass is 223 g/mol. The molecule has 2 atom stereocenters. The minimum absolute atomic E-state index is 0.0891. The van der Waals surface area contributed by atoms with Crippen molar-refractivity contribution >= 4 is 5.91 Å². The van der Waals surface area contributed by atoms with Gasteiger partial charge in [0.1, 0.15) is 0 Å². The summed E-state index contributed by atoms with van der Waals surface area (Å²) < 4.78 is 5.22. The van der Waals surface area contributed by atoms with Gasteiger partial charge in [0.25, 0.3) is 0 Å². The zero-order valence-electron chi connectivity index (χ0n) is 9.32. The summed E-state index contributed by atoms with van der Waals surface area (Å²) in [5.41, 5.74) is 0. The van der Waals surface area contributed by atoms with Crippen LogP contribution in [-0.2, 0) is 9.53 Å². The maximum atomic E-state index is 12.1. The fourth-order valence-corrected chi connectivity index (χ4v) is 2.25. The van der Waals surface area contributed by atoms with Crippen molar-refractivity contribution in [2.24, 2.45) is 5.92 Å². The quantitative estimate of drug-likeness (QED) is 0.665. The number of piperidine rings is 1. The largest absolute Gasteiger partial charge is 0.360 e. The van der Waals surface area contributed by atoms with Crippen molar-refractivity contribution in [3.63, 3.8) is 0 Å². The van der Waals surface area contributed by atoms with Crippen LogP contribution in [0, 0.1) is 17.2 Å². The van der Waals surface area contributed by atoms with E-state index >= 15 is 0 Å². The van der Waals surface area contributed by atoms with Gasteiger partial charge in [0.2, 0.25) is 5.91 Å². The standard InChI is InChI=1S/C11H17N3O2/c12-6-10-8-14(4-5-16-10)11(15)9-2-1-3-13-7-9/h9-10,13H,1-5,7-8H2. The molecule has 1 N–H and O–H groups in total. The molecule has 1 amide bonds. The van der Waals surface area contributed by atoms with Gasteiger partial charge in [-0.15, -0.1) is 0 Å². The summed E-state index contributed by atoms with van der Waals surface area (Å²) in [6, 6.07) is 2.06. The molecule has 0 aliphatic carbocycles. The van der Waals surface area contributed by atoms with Crippen LogP contribution >= 0.6 is 0 Å². The minimum atomic E-state index is -0.450. The summed E-state index contributed by atoms with van der Waals surface area (Å²) >= 11 is 0. The summed E-state index contributed by atoms with van der Waals surface area (Å²) in [6.45, 7) is 3.30. The van der Waals surface area contributed by atoms with Crippen molar-refractivity contribution in [1.29, 1.82) is 5.26 Å². The van der Waals surface area contributed by atoms with Gasteiger partial charge in [0.15, 0.2) is 6.10 Å². The Bertz CT molecular complexity index is 294. The molecule has 0 aromatic rings. The van der Waals surface area contributed by atoms with E-state index in [2.05, 4.69) is 11.4 Å². The molecule has 5 heteroatoms. The van der Waals surface area contributed by atoms with Gasteiger partial charge in [-0.2, -0.15) is 5.26 Å². The first-order chi connectivity index (χ1) is 7.81. The van der Waals surface area contributed by atoms with Gasteiger partial charge in [-0.1, -0.05) is 0 Å². The molecule has 2 aliphatic heterocycles. The maximum Gasteiger partial charge on any atom is 0.227 e. The van der Waals surface area contributed by atoms with Crippen LogP contribution in [0.4, 0.5) is 0 Å². The number of rotatable bonds is 1. The molecule has 0 bridgehead atoms. The maximum absolute atomic E-state index is 12.1. The van der Waals surface area contributed by atoms with Crippen molar-refractivity contribution in [2.75, 3.05) is 32.8 Å². The fourth-order valence-electron chi connectivity index (χ4n) is 2.25. The fraction of sp³-hybridized carbons (Fsp3) is 0.818. The average molecular weight is 223 g/mol. The number of hydrogen-bond donors (Lipinski definition) is 1. The Morgan fingerprint density at radius 1 is 1.56 bits per heavy atom. The molecular formula is C11H17N3O2. The van der Waals surface area contributed by atoms with Crippen LogP contribution in [0.15, 0.2) is 0 Å². The predicted molar refractivity (Wildman–Crippen MR) is 57.5 cm³/mol. The van der Waals surface area contributed by atoms with Crippen molar-refractivity contribution in [3.8, 4) is 6.07 Å². The Kier molecular flexibility index (Phi) is 3.75. The number of amides is 1. The molecule has 5 nitrogen and oxygen atoms in total. The third kappa shape index (κ3) is 2.52. The normalized spacial score (nSPS) is 30.8. The second-order valence-corrected chi connectivity index (χ2v) is 4.32. The first kappa shape index (κ1) is 11.4. The lowest BCUT2D eigenvalue weighted by Gasteiger charge is -2.33. The average Bonchev–Trinajstić information content (AvgIpc) is 2.39. The summed E-state index contributed by atoms with van der Waals surface area (Å²) in [4.78, 5) is 13.9. The molecule has 2 fully saturated rings. The molecule has 16 heavy (non-hydrogen) atoms. The van der Waals surface area contributed by atoms with Gasteiger partial charge in [0.05, 0.1) is 25.1 Å². The molecular weight excluding hydrogens is 206 g/mol. The zero-order valence-corrected chi connectivity index (χ0v) is 9.32. The van der Waals surface area contributed by atoms with Gasteiger partial charge < -0.3 is 15.0 Å². The Balaban J connectivity index is 1.90. The van der Waals surface area contributed by atoms with Gasteiger partial charge in [0, 0.05) is 13.1 Å². The Labute approximate surface area is 95.4 Å². The lowest BCUT2D eigenvalue weighted by Crippen LogP contribution is -2.49. The van der Waals surface area contributed by atoms with Gasteiger partial charge in [-0.25, -0.2) is 0 Å². The van der Waals surface area contributed by atoms with E-state index in [0.717, 1.165) is 25.9 Å².